The topological polar surface area (TPSA) is 125 Å². The molecular weight excluding hydrogens is 472 g/mol. The number of hydrogen-bond acceptors (Lipinski definition) is 6. The van der Waals surface area contributed by atoms with Gasteiger partial charge in [0.25, 0.3) is 5.91 Å². The predicted octanol–water partition coefficient (Wildman–Crippen LogP) is 1.80. The summed E-state index contributed by atoms with van der Waals surface area (Å²) in [5.74, 6) is -1.07. The van der Waals surface area contributed by atoms with Crippen LogP contribution in [0.15, 0.2) is 23.1 Å². The Kier molecular flexibility index (Phi) is 6.68. The quantitative estimate of drug-likeness (QED) is 0.596. The second-order valence-corrected chi connectivity index (χ2v) is 11.0. The molecule has 12 heteroatoms. The number of halogens is 1. The lowest BCUT2D eigenvalue weighted by molar-refractivity contribution is -0.136. The molecule has 3 fully saturated rings. The largest absolute Gasteiger partial charge is 0.379 e. The first-order valence-corrected chi connectivity index (χ1v) is 12.8. The molecule has 4 rings (SSSR count). The third-order valence-corrected chi connectivity index (χ3v) is 8.85. The Labute approximate surface area is 197 Å². The van der Waals surface area contributed by atoms with E-state index >= 15 is 0 Å². The molecule has 1 aromatic rings. The van der Waals surface area contributed by atoms with Gasteiger partial charge >= 0.3 is 6.03 Å². The first-order chi connectivity index (χ1) is 15.6. The Hall–Kier alpha value is -2.21. The molecule has 0 aromatic heterocycles. The molecular formula is C21H27ClN4O6S. The van der Waals surface area contributed by atoms with E-state index in [0.29, 0.717) is 19.6 Å². The molecule has 1 aliphatic carbocycles. The number of hydrogen-bond donors (Lipinski definition) is 2. The molecule has 1 spiro atoms. The van der Waals surface area contributed by atoms with E-state index in [1.54, 1.807) is 0 Å². The van der Waals surface area contributed by atoms with Crippen LogP contribution in [0.25, 0.3) is 0 Å². The maximum absolute atomic E-state index is 13.1. The molecule has 4 amide bonds. The smallest absolute Gasteiger partial charge is 0.325 e. The lowest BCUT2D eigenvalue weighted by Crippen LogP contribution is -2.54. The number of ether oxygens (including phenoxy) is 1. The Morgan fingerprint density at radius 1 is 1.27 bits per heavy atom. The Bertz CT molecular complexity index is 1070. The van der Waals surface area contributed by atoms with Gasteiger partial charge in [-0.25, -0.2) is 13.2 Å². The first kappa shape index (κ1) is 23.9. The standard InChI is InChI=1S/C21H27ClN4O6S/c1-14-4-2-3-7-21(14)19(28)26(20(29)24-21)13-18(27)23-17-12-15(5-6-16(17)22)33(30,31)25-8-10-32-11-9-25/h5-6,12,14H,2-4,7-11,13H2,1H3,(H,23,27)(H,24,29). The van der Waals surface area contributed by atoms with Crippen LogP contribution in [0.1, 0.15) is 32.6 Å². The number of amides is 4. The second-order valence-electron chi connectivity index (χ2n) is 8.65. The molecule has 1 saturated carbocycles. The first-order valence-electron chi connectivity index (χ1n) is 11.0. The molecule has 2 unspecified atom stereocenters. The summed E-state index contributed by atoms with van der Waals surface area (Å²) in [5, 5.41) is 5.48. The molecule has 33 heavy (non-hydrogen) atoms. The number of nitrogens with zero attached hydrogens (tertiary/aromatic N) is 2. The Morgan fingerprint density at radius 2 is 2.00 bits per heavy atom. The van der Waals surface area contributed by atoms with Gasteiger partial charge in [-0.05, 0) is 37.0 Å². The summed E-state index contributed by atoms with van der Waals surface area (Å²) in [7, 11) is -3.79. The summed E-state index contributed by atoms with van der Waals surface area (Å²) in [5.41, 5.74) is -0.872. The maximum atomic E-state index is 13.1. The van der Waals surface area contributed by atoms with Crippen molar-refractivity contribution < 1.29 is 27.5 Å². The van der Waals surface area contributed by atoms with Gasteiger partial charge in [0.05, 0.1) is 28.8 Å². The van der Waals surface area contributed by atoms with E-state index in [0.717, 1.165) is 24.2 Å². The predicted molar refractivity (Wildman–Crippen MR) is 120 cm³/mol. The van der Waals surface area contributed by atoms with Crippen LogP contribution in [0.4, 0.5) is 10.5 Å². The third kappa shape index (κ3) is 4.46. The number of sulfonamides is 1. The summed E-state index contributed by atoms with van der Waals surface area (Å²) < 4.78 is 32.3. The van der Waals surface area contributed by atoms with Gasteiger partial charge in [0.15, 0.2) is 0 Å². The summed E-state index contributed by atoms with van der Waals surface area (Å²) in [6, 6.07) is 3.44. The number of benzene rings is 1. The fourth-order valence-corrected chi connectivity index (χ4v) is 6.27. The van der Waals surface area contributed by atoms with Crippen molar-refractivity contribution in [2.24, 2.45) is 5.92 Å². The summed E-state index contributed by atoms with van der Waals surface area (Å²) in [6.07, 6.45) is 3.20. The van der Waals surface area contributed by atoms with Crippen molar-refractivity contribution in [3.8, 4) is 0 Å². The highest BCUT2D eigenvalue weighted by atomic mass is 35.5. The van der Waals surface area contributed by atoms with Crippen molar-refractivity contribution >= 4 is 45.2 Å². The molecule has 2 aliphatic heterocycles. The second kappa shape index (κ2) is 9.21. The molecule has 2 N–H and O–H groups in total. The number of urea groups is 1. The molecule has 2 saturated heterocycles. The van der Waals surface area contributed by atoms with Crippen LogP contribution in [0, 0.1) is 5.92 Å². The van der Waals surface area contributed by atoms with Gasteiger partial charge in [-0.1, -0.05) is 31.4 Å². The number of carbonyl (C=O) groups is 3. The lowest BCUT2D eigenvalue weighted by Gasteiger charge is -2.36. The highest BCUT2D eigenvalue weighted by Gasteiger charge is 2.55. The van der Waals surface area contributed by atoms with E-state index in [1.807, 2.05) is 6.92 Å². The van der Waals surface area contributed by atoms with Crippen LogP contribution < -0.4 is 10.6 Å². The highest BCUT2D eigenvalue weighted by Crippen LogP contribution is 2.38. The zero-order chi connectivity index (χ0) is 23.8. The summed E-state index contributed by atoms with van der Waals surface area (Å²) in [6.45, 7) is 2.53. The number of imide groups is 1. The SMILES string of the molecule is CC1CCCCC12NC(=O)N(CC(=O)Nc1cc(S(=O)(=O)N3CCOCC3)ccc1Cl)C2=O. The molecule has 2 atom stereocenters. The zero-order valence-electron chi connectivity index (χ0n) is 18.3. The van der Waals surface area contributed by atoms with E-state index in [2.05, 4.69) is 10.6 Å². The van der Waals surface area contributed by atoms with Crippen LogP contribution in [0.5, 0.6) is 0 Å². The minimum absolute atomic E-state index is 0.0194. The number of morpholine rings is 1. The minimum atomic E-state index is -3.79. The highest BCUT2D eigenvalue weighted by molar-refractivity contribution is 7.89. The van der Waals surface area contributed by atoms with Crippen LogP contribution >= 0.6 is 11.6 Å². The number of anilines is 1. The van der Waals surface area contributed by atoms with Crippen LogP contribution in [-0.4, -0.2) is 73.9 Å². The van der Waals surface area contributed by atoms with Gasteiger partial charge < -0.3 is 15.4 Å². The van der Waals surface area contributed by atoms with E-state index in [4.69, 9.17) is 16.3 Å². The molecule has 3 aliphatic rings. The van der Waals surface area contributed by atoms with Gasteiger partial charge in [-0.15, -0.1) is 0 Å². The van der Waals surface area contributed by atoms with Gasteiger partial charge in [0.1, 0.15) is 12.1 Å². The maximum Gasteiger partial charge on any atom is 0.325 e. The van der Waals surface area contributed by atoms with E-state index in [9.17, 15) is 22.8 Å². The number of carbonyl (C=O) groups excluding carboxylic acids is 3. The third-order valence-electron chi connectivity index (χ3n) is 6.62. The van der Waals surface area contributed by atoms with Crippen molar-refractivity contribution in [2.75, 3.05) is 38.2 Å². The minimum Gasteiger partial charge on any atom is -0.379 e. The molecule has 1 aromatic carbocycles. The fourth-order valence-electron chi connectivity index (χ4n) is 4.67. The Balaban J connectivity index is 1.48. The average molecular weight is 499 g/mol. The number of nitrogens with one attached hydrogen (secondary N) is 2. The van der Waals surface area contributed by atoms with Crippen molar-refractivity contribution in [1.29, 1.82) is 0 Å². The van der Waals surface area contributed by atoms with E-state index in [1.165, 1.54) is 22.5 Å². The van der Waals surface area contributed by atoms with Crippen LogP contribution in [-0.2, 0) is 24.3 Å². The summed E-state index contributed by atoms with van der Waals surface area (Å²) >= 11 is 6.18. The van der Waals surface area contributed by atoms with Gasteiger partial charge in [-0.2, -0.15) is 4.31 Å². The monoisotopic (exact) mass is 498 g/mol. The average Bonchev–Trinajstić information content (AvgIpc) is 3.02. The van der Waals surface area contributed by atoms with Gasteiger partial charge in [0.2, 0.25) is 15.9 Å². The van der Waals surface area contributed by atoms with Crippen molar-refractivity contribution in [2.45, 2.75) is 43.0 Å². The van der Waals surface area contributed by atoms with E-state index in [-0.39, 0.29) is 34.6 Å². The van der Waals surface area contributed by atoms with Crippen LogP contribution in [0.3, 0.4) is 0 Å². The fraction of sp³-hybridized carbons (Fsp3) is 0.571. The Morgan fingerprint density at radius 3 is 2.70 bits per heavy atom. The molecule has 180 valence electrons. The van der Waals surface area contributed by atoms with Crippen molar-refractivity contribution in [3.05, 3.63) is 23.2 Å². The lowest BCUT2D eigenvalue weighted by atomic mass is 9.73. The summed E-state index contributed by atoms with van der Waals surface area (Å²) in [4.78, 5) is 39.2. The molecule has 0 bridgehead atoms. The van der Waals surface area contributed by atoms with Gasteiger partial charge in [0, 0.05) is 13.1 Å². The number of rotatable bonds is 5. The normalized spacial score (nSPS) is 26.5. The molecule has 2 heterocycles. The van der Waals surface area contributed by atoms with Crippen molar-refractivity contribution in [3.63, 3.8) is 0 Å². The molecule has 10 nitrogen and oxygen atoms in total. The zero-order valence-corrected chi connectivity index (χ0v) is 19.9. The van der Waals surface area contributed by atoms with E-state index < -0.39 is 40.0 Å². The van der Waals surface area contributed by atoms with Crippen LogP contribution in [0.2, 0.25) is 5.02 Å². The van der Waals surface area contributed by atoms with Crippen molar-refractivity contribution in [1.82, 2.24) is 14.5 Å². The van der Waals surface area contributed by atoms with Gasteiger partial charge in [-0.3, -0.25) is 14.5 Å². The molecule has 0 radical (unpaired) electrons.